The fourth-order valence-corrected chi connectivity index (χ4v) is 0.525. The fourth-order valence-electron chi connectivity index (χ4n) is 0.525. The van der Waals surface area contributed by atoms with Crippen LogP contribution in [0.15, 0.2) is 0 Å². The van der Waals surface area contributed by atoms with Gasteiger partial charge in [-0.15, -0.1) is 0 Å². The SMILES string of the molecule is CCCCN(N)OC(C)=O. The second-order valence-corrected chi connectivity index (χ2v) is 2.08. The molecule has 0 amide bonds. The van der Waals surface area contributed by atoms with Crippen molar-refractivity contribution in [2.75, 3.05) is 6.54 Å². The molecule has 4 heteroatoms. The minimum Gasteiger partial charge on any atom is -0.354 e. The molecule has 0 spiro atoms. The van der Waals surface area contributed by atoms with Gasteiger partial charge in [0.05, 0.1) is 6.54 Å². The predicted octanol–water partition coefficient (Wildman–Crippen LogP) is 0.440. The van der Waals surface area contributed by atoms with Crippen LogP contribution in [0.2, 0.25) is 0 Å². The van der Waals surface area contributed by atoms with Crippen LogP contribution < -0.4 is 5.84 Å². The van der Waals surface area contributed by atoms with Gasteiger partial charge in [0.1, 0.15) is 0 Å². The molecule has 2 N–H and O–H groups in total. The number of rotatable bonds is 4. The largest absolute Gasteiger partial charge is 0.354 e. The summed E-state index contributed by atoms with van der Waals surface area (Å²) in [5.41, 5.74) is 0. The van der Waals surface area contributed by atoms with Gasteiger partial charge in [0.25, 0.3) is 0 Å². The zero-order chi connectivity index (χ0) is 7.98. The summed E-state index contributed by atoms with van der Waals surface area (Å²) in [5.74, 6) is 4.87. The molecule has 60 valence electrons. The molecule has 0 aromatic heterocycles. The highest BCUT2D eigenvalue weighted by Crippen LogP contribution is 1.89. The van der Waals surface area contributed by atoms with Crippen LogP contribution in [-0.2, 0) is 9.63 Å². The molecule has 4 nitrogen and oxygen atoms in total. The molecule has 0 fully saturated rings. The average molecular weight is 146 g/mol. The number of hydrazine groups is 1. The maximum atomic E-state index is 10.3. The van der Waals surface area contributed by atoms with Crippen LogP contribution in [0.1, 0.15) is 26.7 Å². The highest BCUT2D eigenvalue weighted by molar-refractivity contribution is 5.65. The van der Waals surface area contributed by atoms with Gasteiger partial charge in [-0.1, -0.05) is 18.5 Å². The molecular formula is C6H14N2O2. The summed E-state index contributed by atoms with van der Waals surface area (Å²) in [6, 6.07) is 0. The summed E-state index contributed by atoms with van der Waals surface area (Å²) in [5, 5.41) is 1.06. The number of hydrogen-bond donors (Lipinski definition) is 1. The van der Waals surface area contributed by atoms with Gasteiger partial charge in [0, 0.05) is 6.92 Å². The van der Waals surface area contributed by atoms with E-state index in [4.69, 9.17) is 5.84 Å². The van der Waals surface area contributed by atoms with Gasteiger partial charge in [-0.3, -0.25) is 4.79 Å². The van der Waals surface area contributed by atoms with E-state index in [0.29, 0.717) is 6.54 Å². The first kappa shape index (κ1) is 9.39. The lowest BCUT2D eigenvalue weighted by Crippen LogP contribution is -2.33. The van der Waals surface area contributed by atoms with Crippen molar-refractivity contribution < 1.29 is 9.63 Å². The van der Waals surface area contributed by atoms with Crippen molar-refractivity contribution in [2.24, 2.45) is 5.84 Å². The number of carbonyl (C=O) groups excluding carboxylic acids is 1. The van der Waals surface area contributed by atoms with E-state index in [1.165, 1.54) is 6.92 Å². The molecule has 0 unspecified atom stereocenters. The molecule has 0 aromatic rings. The number of nitrogens with two attached hydrogens (primary N) is 1. The van der Waals surface area contributed by atoms with E-state index in [0.717, 1.165) is 18.0 Å². The summed E-state index contributed by atoms with van der Waals surface area (Å²) < 4.78 is 0. The van der Waals surface area contributed by atoms with Gasteiger partial charge in [0.2, 0.25) is 0 Å². The van der Waals surface area contributed by atoms with Crippen LogP contribution in [0.3, 0.4) is 0 Å². The van der Waals surface area contributed by atoms with E-state index in [1.807, 2.05) is 6.92 Å². The molecule has 0 aliphatic carbocycles. The first-order valence-corrected chi connectivity index (χ1v) is 3.37. The van der Waals surface area contributed by atoms with Gasteiger partial charge in [-0.2, -0.15) is 0 Å². The predicted molar refractivity (Wildman–Crippen MR) is 37.6 cm³/mol. The number of carbonyl (C=O) groups is 1. The van der Waals surface area contributed by atoms with Gasteiger partial charge < -0.3 is 4.84 Å². The van der Waals surface area contributed by atoms with E-state index in [-0.39, 0.29) is 5.97 Å². The second-order valence-electron chi connectivity index (χ2n) is 2.08. The summed E-state index contributed by atoms with van der Waals surface area (Å²) in [4.78, 5) is 14.8. The van der Waals surface area contributed by atoms with E-state index < -0.39 is 0 Å². The Morgan fingerprint density at radius 3 is 2.70 bits per heavy atom. The third-order valence-electron chi connectivity index (χ3n) is 0.978. The van der Waals surface area contributed by atoms with Gasteiger partial charge >= 0.3 is 5.97 Å². The fraction of sp³-hybridized carbons (Fsp3) is 0.833. The summed E-state index contributed by atoms with van der Waals surface area (Å²) in [7, 11) is 0. The van der Waals surface area contributed by atoms with Crippen molar-refractivity contribution in [3.8, 4) is 0 Å². The van der Waals surface area contributed by atoms with Crippen molar-refractivity contribution in [3.63, 3.8) is 0 Å². The van der Waals surface area contributed by atoms with Gasteiger partial charge in [-0.25, -0.2) is 5.84 Å². The lowest BCUT2D eigenvalue weighted by molar-refractivity contribution is -0.189. The zero-order valence-corrected chi connectivity index (χ0v) is 6.46. The molecule has 10 heavy (non-hydrogen) atoms. The topological polar surface area (TPSA) is 55.6 Å². The quantitative estimate of drug-likeness (QED) is 0.462. The molecule has 0 atom stereocenters. The Kier molecular flexibility index (Phi) is 4.88. The number of unbranched alkanes of at least 4 members (excludes halogenated alkanes) is 1. The van der Waals surface area contributed by atoms with Gasteiger partial charge in [0.15, 0.2) is 0 Å². The molecule has 0 radical (unpaired) electrons. The summed E-state index contributed by atoms with van der Waals surface area (Å²) >= 11 is 0. The molecular weight excluding hydrogens is 132 g/mol. The van der Waals surface area contributed by atoms with Crippen molar-refractivity contribution >= 4 is 5.97 Å². The lowest BCUT2D eigenvalue weighted by atomic mass is 10.3. The molecule has 0 saturated carbocycles. The van der Waals surface area contributed by atoms with Crippen molar-refractivity contribution in [3.05, 3.63) is 0 Å². The average Bonchev–Trinajstić information content (AvgIpc) is 1.82. The highest BCUT2D eigenvalue weighted by Gasteiger charge is 1.99. The van der Waals surface area contributed by atoms with Crippen molar-refractivity contribution in [1.29, 1.82) is 0 Å². The third-order valence-corrected chi connectivity index (χ3v) is 0.978. The van der Waals surface area contributed by atoms with Crippen LogP contribution in [0, 0.1) is 0 Å². The highest BCUT2D eigenvalue weighted by atomic mass is 16.7. The molecule has 0 aromatic carbocycles. The summed E-state index contributed by atoms with van der Waals surface area (Å²) in [6.45, 7) is 3.96. The number of hydroxylamine groups is 1. The molecule has 0 saturated heterocycles. The van der Waals surface area contributed by atoms with Crippen LogP contribution in [0.4, 0.5) is 0 Å². The monoisotopic (exact) mass is 146 g/mol. The maximum Gasteiger partial charge on any atom is 0.323 e. The van der Waals surface area contributed by atoms with Crippen molar-refractivity contribution in [2.45, 2.75) is 26.7 Å². The van der Waals surface area contributed by atoms with Crippen LogP contribution in [0.25, 0.3) is 0 Å². The van der Waals surface area contributed by atoms with E-state index in [1.54, 1.807) is 0 Å². The number of hydrogen-bond acceptors (Lipinski definition) is 4. The number of nitrogens with zero attached hydrogens (tertiary/aromatic N) is 1. The Morgan fingerprint density at radius 2 is 2.30 bits per heavy atom. The molecule has 0 aliphatic heterocycles. The Balaban J connectivity index is 3.25. The van der Waals surface area contributed by atoms with E-state index in [9.17, 15) is 4.79 Å². The smallest absolute Gasteiger partial charge is 0.323 e. The normalized spacial score (nSPS) is 10.0. The molecule has 0 rings (SSSR count). The Morgan fingerprint density at radius 1 is 1.70 bits per heavy atom. The minimum absolute atomic E-state index is 0.376. The Hall–Kier alpha value is -0.610. The second kappa shape index (κ2) is 5.20. The molecule has 0 aliphatic rings. The van der Waals surface area contributed by atoms with Gasteiger partial charge in [-0.05, 0) is 6.42 Å². The lowest BCUT2D eigenvalue weighted by Gasteiger charge is -2.12. The van der Waals surface area contributed by atoms with Crippen LogP contribution >= 0.6 is 0 Å². The molecule has 0 bridgehead atoms. The zero-order valence-electron chi connectivity index (χ0n) is 6.46. The Labute approximate surface area is 60.9 Å². The first-order valence-electron chi connectivity index (χ1n) is 3.37. The first-order chi connectivity index (χ1) is 4.66. The summed E-state index contributed by atoms with van der Waals surface area (Å²) in [6.07, 6.45) is 1.97. The standard InChI is InChI=1S/C6H14N2O2/c1-3-4-5-8(7)10-6(2)9/h3-5,7H2,1-2H3. The molecule has 0 heterocycles. The van der Waals surface area contributed by atoms with E-state index in [2.05, 4.69) is 4.84 Å². The maximum absolute atomic E-state index is 10.3. The minimum atomic E-state index is -0.376. The van der Waals surface area contributed by atoms with Crippen LogP contribution in [0.5, 0.6) is 0 Å². The van der Waals surface area contributed by atoms with Crippen LogP contribution in [-0.4, -0.2) is 17.7 Å². The third kappa shape index (κ3) is 5.53. The Bertz CT molecular complexity index is 106. The van der Waals surface area contributed by atoms with E-state index >= 15 is 0 Å². The van der Waals surface area contributed by atoms with Crippen molar-refractivity contribution in [1.82, 2.24) is 5.17 Å².